The Balaban J connectivity index is 1.34. The van der Waals surface area contributed by atoms with Crippen LogP contribution in [0.25, 0.3) is 0 Å². The number of fused-ring (bicyclic) bond motifs is 1. The van der Waals surface area contributed by atoms with Gasteiger partial charge < -0.3 is 14.2 Å². The lowest BCUT2D eigenvalue weighted by Gasteiger charge is -2.40. The van der Waals surface area contributed by atoms with Crippen molar-refractivity contribution in [2.75, 3.05) is 0 Å². The average Bonchev–Trinajstić information content (AvgIpc) is 4.00. The zero-order chi connectivity index (χ0) is 56.4. The smallest absolute Gasteiger partial charge is 0.306 e. The highest BCUT2D eigenvalue weighted by molar-refractivity contribution is 5.70. The first-order chi connectivity index (χ1) is 36.9. The van der Waals surface area contributed by atoms with Gasteiger partial charge >= 0.3 is 11.9 Å². The third-order valence-electron chi connectivity index (χ3n) is 16.9. The van der Waals surface area contributed by atoms with Crippen LogP contribution < -0.4 is 0 Å². The maximum Gasteiger partial charge on any atom is 0.306 e. The van der Waals surface area contributed by atoms with Gasteiger partial charge in [-0.2, -0.15) is 0 Å². The number of carbonyl (C=O) groups excluding carboxylic acids is 2. The predicted octanol–water partition coefficient (Wildman–Crippen LogP) is 21.8. The van der Waals surface area contributed by atoms with Crippen LogP contribution >= 0.6 is 0 Å². The van der Waals surface area contributed by atoms with Gasteiger partial charge in [0.05, 0.1) is 0 Å². The Hall–Kier alpha value is -3.70. The quantitative estimate of drug-likeness (QED) is 0.0265. The maximum atomic E-state index is 12.9. The van der Waals surface area contributed by atoms with Gasteiger partial charge in [0.1, 0.15) is 23.4 Å². The molecule has 0 aromatic carbocycles. The Morgan fingerprint density at radius 1 is 0.481 bits per heavy atom. The Bertz CT molecular complexity index is 2040. The van der Waals surface area contributed by atoms with E-state index in [1.807, 2.05) is 0 Å². The summed E-state index contributed by atoms with van der Waals surface area (Å²) in [4.78, 5) is 25.7. The zero-order valence-corrected chi connectivity index (χ0v) is 51.9. The summed E-state index contributed by atoms with van der Waals surface area (Å²) < 4.78 is 18.7. The van der Waals surface area contributed by atoms with Crippen molar-refractivity contribution < 1.29 is 23.8 Å². The van der Waals surface area contributed by atoms with Crippen molar-refractivity contribution >= 4 is 11.9 Å². The van der Waals surface area contributed by atoms with Crippen LogP contribution in [0.2, 0.25) is 0 Å². The number of ether oxygens (including phenoxy) is 3. The largest absolute Gasteiger partial charge is 0.462 e. The summed E-state index contributed by atoms with van der Waals surface area (Å²) in [7, 11) is 0. The Morgan fingerprint density at radius 2 is 0.857 bits per heavy atom. The van der Waals surface area contributed by atoms with Crippen LogP contribution in [-0.2, 0) is 23.8 Å². The zero-order valence-electron chi connectivity index (χ0n) is 51.9. The SMILES string of the molecule is CCCCCCCCCCCCCCCC(=O)O[C@@H]1CC(C)=C(/C=C/C(C)=C/C=C/C(C)=C/C=C/C=C(C)/C=C/C=C(C)/C=C/[C@@]23O[C@]2(C)C[C@@H](OC(=O)CCCCCCCCCCCCCCC)CC3(C)C)C(C)(C)C1. The van der Waals surface area contributed by atoms with Crippen LogP contribution in [0.1, 0.15) is 289 Å². The molecule has 434 valence electrons. The molecule has 0 spiro atoms. The van der Waals surface area contributed by atoms with Gasteiger partial charge in [-0.3, -0.25) is 9.59 Å². The van der Waals surface area contributed by atoms with Crippen LogP contribution in [0.5, 0.6) is 0 Å². The van der Waals surface area contributed by atoms with Crippen molar-refractivity contribution in [3.05, 3.63) is 119 Å². The van der Waals surface area contributed by atoms with Crippen LogP contribution in [0.15, 0.2) is 119 Å². The minimum absolute atomic E-state index is 0.0266. The van der Waals surface area contributed by atoms with Gasteiger partial charge in [0.2, 0.25) is 0 Å². The number of rotatable bonds is 40. The van der Waals surface area contributed by atoms with E-state index in [4.69, 9.17) is 14.2 Å². The molecule has 1 saturated heterocycles. The lowest BCUT2D eigenvalue weighted by molar-refractivity contribution is -0.153. The Labute approximate surface area is 474 Å². The molecule has 0 bridgehead atoms. The van der Waals surface area contributed by atoms with E-state index < -0.39 is 0 Å². The second kappa shape index (κ2) is 37.3. The molecule has 77 heavy (non-hydrogen) atoms. The average molecular weight is 1060 g/mol. The van der Waals surface area contributed by atoms with E-state index in [2.05, 4.69) is 168 Å². The van der Waals surface area contributed by atoms with Gasteiger partial charge in [-0.25, -0.2) is 0 Å². The normalized spacial score (nSPS) is 23.1. The monoisotopic (exact) mass is 1060 g/mol. The highest BCUT2D eigenvalue weighted by atomic mass is 16.6. The molecular weight excluding hydrogens is 945 g/mol. The van der Waals surface area contributed by atoms with Crippen molar-refractivity contribution in [3.8, 4) is 0 Å². The molecule has 5 nitrogen and oxygen atoms in total. The van der Waals surface area contributed by atoms with Gasteiger partial charge in [0, 0.05) is 31.1 Å². The van der Waals surface area contributed by atoms with E-state index in [1.54, 1.807) is 0 Å². The molecule has 2 aliphatic carbocycles. The summed E-state index contributed by atoms with van der Waals surface area (Å²) in [5.74, 6) is -0.0745. The minimum Gasteiger partial charge on any atom is -0.462 e. The van der Waals surface area contributed by atoms with Crippen LogP contribution in [0, 0.1) is 10.8 Å². The van der Waals surface area contributed by atoms with Crippen molar-refractivity contribution in [2.45, 2.75) is 312 Å². The first-order valence-electron chi connectivity index (χ1n) is 31.8. The fourth-order valence-electron chi connectivity index (χ4n) is 12.2. The van der Waals surface area contributed by atoms with Crippen molar-refractivity contribution in [3.63, 3.8) is 0 Å². The van der Waals surface area contributed by atoms with Crippen LogP contribution in [-0.4, -0.2) is 35.3 Å². The standard InChI is InChI=1S/C72H116O5/c1-13-15-17-19-21-23-25-27-29-31-33-35-37-49-67(73)75-64-55-63(7)66(69(8,9)56-64)52-51-61(5)47-41-45-59(3)43-39-40-44-60(4)46-42-48-62(6)53-54-72-70(10,11)57-65(58-71(72,12)77-72)76-68(74)50-38-36-34-32-30-28-26-24-22-20-18-16-14-2/h39-48,51-54,64-65H,13-38,49-50,55-58H2,1-12H3/b40-39+,45-41+,46-42+,52-51+,54-53+,59-43+,60-44+,61-47+,62-48+/t64-,65+,71-,72+/m1/s1. The van der Waals surface area contributed by atoms with Crippen LogP contribution in [0.3, 0.4) is 0 Å². The van der Waals surface area contributed by atoms with E-state index in [0.717, 1.165) is 56.9 Å². The summed E-state index contributed by atoms with van der Waals surface area (Å²) in [6.07, 6.45) is 68.2. The van der Waals surface area contributed by atoms with Gasteiger partial charge in [0.25, 0.3) is 0 Å². The van der Waals surface area contributed by atoms with Gasteiger partial charge in [-0.15, -0.1) is 0 Å². The first-order valence-corrected chi connectivity index (χ1v) is 31.8. The summed E-state index contributed by atoms with van der Waals surface area (Å²) in [6, 6.07) is 0. The molecule has 0 unspecified atom stereocenters. The fourth-order valence-corrected chi connectivity index (χ4v) is 12.2. The lowest BCUT2D eigenvalue weighted by Crippen LogP contribution is -2.47. The Kier molecular flexibility index (Phi) is 32.7. The molecule has 1 heterocycles. The maximum absolute atomic E-state index is 12.9. The summed E-state index contributed by atoms with van der Waals surface area (Å²) in [6.45, 7) is 26.5. The highest BCUT2D eigenvalue weighted by Crippen LogP contribution is 2.66. The molecule has 5 heteroatoms. The van der Waals surface area contributed by atoms with E-state index >= 15 is 0 Å². The second-order valence-corrected chi connectivity index (χ2v) is 25.5. The van der Waals surface area contributed by atoms with E-state index in [1.165, 1.54) is 169 Å². The lowest BCUT2D eigenvalue weighted by atomic mass is 9.63. The predicted molar refractivity (Wildman–Crippen MR) is 332 cm³/mol. The summed E-state index contributed by atoms with van der Waals surface area (Å²) in [5, 5.41) is 0. The first kappa shape index (κ1) is 67.6. The number of epoxide rings is 1. The molecule has 0 aromatic rings. The molecule has 0 radical (unpaired) electrons. The summed E-state index contributed by atoms with van der Waals surface area (Å²) >= 11 is 0. The third kappa shape index (κ3) is 26.9. The fraction of sp³-hybridized carbons (Fsp3) is 0.694. The molecule has 2 fully saturated rings. The van der Waals surface area contributed by atoms with Gasteiger partial charge in [-0.05, 0) is 84.3 Å². The molecule has 3 aliphatic rings. The number of esters is 2. The number of hydrogen-bond acceptors (Lipinski definition) is 5. The van der Waals surface area contributed by atoms with E-state index in [9.17, 15) is 9.59 Å². The minimum atomic E-state index is -0.356. The topological polar surface area (TPSA) is 65.1 Å². The van der Waals surface area contributed by atoms with Crippen molar-refractivity contribution in [1.29, 1.82) is 0 Å². The van der Waals surface area contributed by atoms with Gasteiger partial charge in [0.15, 0.2) is 0 Å². The molecule has 0 amide bonds. The molecule has 0 N–H and O–H groups in total. The molecular formula is C72H116O5. The van der Waals surface area contributed by atoms with E-state index in [-0.39, 0.29) is 46.2 Å². The Morgan fingerprint density at radius 3 is 1.27 bits per heavy atom. The molecule has 3 rings (SSSR count). The van der Waals surface area contributed by atoms with E-state index in [0.29, 0.717) is 12.8 Å². The van der Waals surface area contributed by atoms with Crippen LogP contribution in [0.4, 0.5) is 0 Å². The second-order valence-electron chi connectivity index (χ2n) is 25.5. The molecule has 0 aromatic heterocycles. The van der Waals surface area contributed by atoms with Crippen molar-refractivity contribution in [1.82, 2.24) is 0 Å². The summed E-state index contributed by atoms with van der Waals surface area (Å²) in [5.41, 5.74) is 6.47. The van der Waals surface area contributed by atoms with Gasteiger partial charge in [-0.1, -0.05) is 302 Å². The number of allylic oxidation sites excluding steroid dienone is 18. The number of carbonyl (C=O) groups is 2. The molecule has 1 aliphatic heterocycles. The highest BCUT2D eigenvalue weighted by Gasteiger charge is 2.75. The molecule has 4 atom stereocenters. The number of hydrogen-bond donors (Lipinski definition) is 0. The molecule has 1 saturated carbocycles. The number of unbranched alkanes of at least 4 members (excludes halogenated alkanes) is 24. The van der Waals surface area contributed by atoms with Crippen molar-refractivity contribution in [2.24, 2.45) is 10.8 Å². The third-order valence-corrected chi connectivity index (χ3v) is 16.9.